The number of aliphatic hydroxyl groups excluding tert-OH is 2. The van der Waals surface area contributed by atoms with Crippen LogP contribution in [0.3, 0.4) is 0 Å². The lowest BCUT2D eigenvalue weighted by Crippen LogP contribution is -2.15. The molecule has 2 N–H and O–H groups in total. The van der Waals surface area contributed by atoms with Gasteiger partial charge in [0.1, 0.15) is 6.42 Å². The molecule has 25 heavy (non-hydrogen) atoms. The van der Waals surface area contributed by atoms with Crippen LogP contribution in [0, 0.1) is 0 Å². The van der Waals surface area contributed by atoms with Crippen LogP contribution in [0.2, 0.25) is 0 Å². The van der Waals surface area contributed by atoms with Gasteiger partial charge in [-0.3, -0.25) is 9.59 Å². The number of unbranched alkanes of at least 4 members (excludes halogenated alkanes) is 10. The van der Waals surface area contributed by atoms with E-state index in [1.54, 1.807) is 0 Å². The van der Waals surface area contributed by atoms with Gasteiger partial charge >= 0.3 is 11.9 Å². The first-order valence-electron chi connectivity index (χ1n) is 9.73. The average molecular weight is 360 g/mol. The summed E-state index contributed by atoms with van der Waals surface area (Å²) in [7, 11) is 0. The smallest absolute Gasteiger partial charge is 0.317 e. The zero-order chi connectivity index (χ0) is 18.6. The normalized spacial score (nSPS) is 10.6. The standard InChI is InChI=1S/C19H36O6/c20-13-9-5-1-3-7-11-15-24-18(22)17-19(23)25-16-12-8-4-2-6-10-14-21/h20-21H,1-17H2. The van der Waals surface area contributed by atoms with Gasteiger partial charge in [-0.05, 0) is 25.7 Å². The third-order valence-electron chi connectivity index (χ3n) is 3.92. The summed E-state index contributed by atoms with van der Waals surface area (Å²) in [5, 5.41) is 17.3. The summed E-state index contributed by atoms with van der Waals surface area (Å²) in [4.78, 5) is 23.0. The average Bonchev–Trinajstić information content (AvgIpc) is 2.59. The van der Waals surface area contributed by atoms with E-state index in [1.807, 2.05) is 0 Å². The van der Waals surface area contributed by atoms with Gasteiger partial charge in [0.25, 0.3) is 0 Å². The third kappa shape index (κ3) is 19.0. The van der Waals surface area contributed by atoms with E-state index in [4.69, 9.17) is 19.7 Å². The summed E-state index contributed by atoms with van der Waals surface area (Å²) in [5.74, 6) is -1.04. The van der Waals surface area contributed by atoms with E-state index in [-0.39, 0.29) is 19.6 Å². The summed E-state index contributed by atoms with van der Waals surface area (Å²) in [6.07, 6.45) is 11.3. The van der Waals surface area contributed by atoms with Gasteiger partial charge in [0.15, 0.2) is 0 Å². The highest BCUT2D eigenvalue weighted by Crippen LogP contribution is 2.06. The van der Waals surface area contributed by atoms with Crippen molar-refractivity contribution in [2.24, 2.45) is 0 Å². The minimum atomic E-state index is -0.519. The molecule has 0 bridgehead atoms. The number of aliphatic hydroxyl groups is 2. The highest BCUT2D eigenvalue weighted by molar-refractivity contribution is 5.91. The van der Waals surface area contributed by atoms with Crippen LogP contribution in [-0.2, 0) is 19.1 Å². The van der Waals surface area contributed by atoms with E-state index in [1.165, 1.54) is 0 Å². The highest BCUT2D eigenvalue weighted by Gasteiger charge is 2.11. The predicted molar refractivity (Wildman–Crippen MR) is 96.1 cm³/mol. The minimum absolute atomic E-state index is 0.248. The second-order valence-corrected chi connectivity index (χ2v) is 6.31. The van der Waals surface area contributed by atoms with Gasteiger partial charge in [0.05, 0.1) is 13.2 Å². The molecular weight excluding hydrogens is 324 g/mol. The Morgan fingerprint density at radius 2 is 0.840 bits per heavy atom. The summed E-state index contributed by atoms with van der Waals surface area (Å²) in [6.45, 7) is 1.19. The van der Waals surface area contributed by atoms with Crippen LogP contribution >= 0.6 is 0 Å². The van der Waals surface area contributed by atoms with Crippen LogP contribution in [0.4, 0.5) is 0 Å². The van der Waals surface area contributed by atoms with Gasteiger partial charge in [-0.25, -0.2) is 0 Å². The van der Waals surface area contributed by atoms with E-state index >= 15 is 0 Å². The van der Waals surface area contributed by atoms with Crippen molar-refractivity contribution >= 4 is 11.9 Å². The molecule has 0 aromatic rings. The van der Waals surface area contributed by atoms with Crippen molar-refractivity contribution < 1.29 is 29.3 Å². The number of hydrogen-bond acceptors (Lipinski definition) is 6. The van der Waals surface area contributed by atoms with E-state index in [0.29, 0.717) is 13.2 Å². The lowest BCUT2D eigenvalue weighted by atomic mass is 10.1. The first-order chi connectivity index (χ1) is 12.2. The molecule has 6 heteroatoms. The molecule has 0 aromatic carbocycles. The first kappa shape index (κ1) is 23.9. The fraction of sp³-hybridized carbons (Fsp3) is 0.895. The predicted octanol–water partition coefficient (Wildman–Crippen LogP) is 3.13. The molecule has 0 aromatic heterocycles. The topological polar surface area (TPSA) is 93.1 Å². The van der Waals surface area contributed by atoms with Crippen molar-refractivity contribution in [1.82, 2.24) is 0 Å². The molecule has 0 aliphatic rings. The van der Waals surface area contributed by atoms with E-state index in [2.05, 4.69) is 0 Å². The van der Waals surface area contributed by atoms with Gasteiger partial charge in [0, 0.05) is 13.2 Å². The molecular formula is C19H36O6. The van der Waals surface area contributed by atoms with Crippen LogP contribution in [0.1, 0.15) is 83.5 Å². The summed E-state index contributed by atoms with van der Waals surface area (Å²) >= 11 is 0. The van der Waals surface area contributed by atoms with Crippen LogP contribution < -0.4 is 0 Å². The molecule has 0 saturated heterocycles. The van der Waals surface area contributed by atoms with E-state index in [9.17, 15) is 9.59 Å². The summed E-state index contributed by atoms with van der Waals surface area (Å²) in [5.41, 5.74) is 0. The zero-order valence-electron chi connectivity index (χ0n) is 15.5. The maximum absolute atomic E-state index is 11.5. The fourth-order valence-corrected chi connectivity index (χ4v) is 2.43. The molecule has 0 spiro atoms. The zero-order valence-corrected chi connectivity index (χ0v) is 15.5. The second-order valence-electron chi connectivity index (χ2n) is 6.31. The van der Waals surface area contributed by atoms with Crippen molar-refractivity contribution in [2.45, 2.75) is 83.5 Å². The summed E-state index contributed by atoms with van der Waals surface area (Å²) in [6, 6.07) is 0. The van der Waals surface area contributed by atoms with E-state index in [0.717, 1.165) is 77.0 Å². The Labute approximate surface area is 151 Å². The molecule has 0 amide bonds. The quantitative estimate of drug-likeness (QED) is 0.222. The Morgan fingerprint density at radius 3 is 1.20 bits per heavy atom. The maximum Gasteiger partial charge on any atom is 0.317 e. The first-order valence-corrected chi connectivity index (χ1v) is 9.73. The molecule has 0 unspecified atom stereocenters. The molecule has 0 radical (unpaired) electrons. The molecule has 0 aliphatic carbocycles. The van der Waals surface area contributed by atoms with Crippen molar-refractivity contribution in [1.29, 1.82) is 0 Å². The lowest BCUT2D eigenvalue weighted by Gasteiger charge is -2.06. The van der Waals surface area contributed by atoms with Crippen LogP contribution in [-0.4, -0.2) is 48.6 Å². The SMILES string of the molecule is O=C(CC(=O)OCCCCCCCCO)OCCCCCCCCO. The Hall–Kier alpha value is -1.14. The van der Waals surface area contributed by atoms with Crippen LogP contribution in [0.25, 0.3) is 0 Å². The molecule has 148 valence electrons. The minimum Gasteiger partial charge on any atom is -0.465 e. The van der Waals surface area contributed by atoms with Gasteiger partial charge in [0.2, 0.25) is 0 Å². The number of esters is 2. The molecule has 6 nitrogen and oxygen atoms in total. The maximum atomic E-state index is 11.5. The second kappa shape index (κ2) is 19.2. The van der Waals surface area contributed by atoms with Crippen molar-refractivity contribution in [3.8, 4) is 0 Å². The van der Waals surface area contributed by atoms with Crippen LogP contribution in [0.5, 0.6) is 0 Å². The van der Waals surface area contributed by atoms with Crippen LogP contribution in [0.15, 0.2) is 0 Å². The number of carbonyl (C=O) groups excluding carboxylic acids is 2. The van der Waals surface area contributed by atoms with Crippen molar-refractivity contribution in [2.75, 3.05) is 26.4 Å². The molecule has 0 rings (SSSR count). The molecule has 0 fully saturated rings. The molecule has 0 saturated carbocycles. The van der Waals surface area contributed by atoms with E-state index < -0.39 is 11.9 Å². The van der Waals surface area contributed by atoms with Gasteiger partial charge < -0.3 is 19.7 Å². The molecule has 0 aliphatic heterocycles. The Morgan fingerprint density at radius 1 is 0.520 bits per heavy atom. The highest BCUT2D eigenvalue weighted by atomic mass is 16.6. The number of rotatable bonds is 18. The molecule has 0 atom stereocenters. The number of ether oxygens (including phenoxy) is 2. The third-order valence-corrected chi connectivity index (χ3v) is 3.92. The van der Waals surface area contributed by atoms with Crippen molar-refractivity contribution in [3.63, 3.8) is 0 Å². The number of hydrogen-bond donors (Lipinski definition) is 2. The molecule has 0 heterocycles. The van der Waals surface area contributed by atoms with Gasteiger partial charge in [-0.1, -0.05) is 51.4 Å². The van der Waals surface area contributed by atoms with Crippen molar-refractivity contribution in [3.05, 3.63) is 0 Å². The lowest BCUT2D eigenvalue weighted by molar-refractivity contribution is -0.154. The fourth-order valence-electron chi connectivity index (χ4n) is 2.43. The Kier molecular flexibility index (Phi) is 18.3. The van der Waals surface area contributed by atoms with Gasteiger partial charge in [-0.2, -0.15) is 0 Å². The summed E-state index contributed by atoms with van der Waals surface area (Å²) < 4.78 is 10.0. The largest absolute Gasteiger partial charge is 0.465 e. The Balaban J connectivity index is 3.34. The number of carbonyl (C=O) groups is 2. The monoisotopic (exact) mass is 360 g/mol. The Bertz CT molecular complexity index is 289. The van der Waals surface area contributed by atoms with Gasteiger partial charge in [-0.15, -0.1) is 0 Å².